The SMILES string of the molecule is Nc1cc(-c2ccccc2)nc2c1ccc1cccnc12. The Labute approximate surface area is 122 Å². The van der Waals surface area contributed by atoms with Crippen LogP contribution in [0.25, 0.3) is 33.1 Å². The summed E-state index contributed by atoms with van der Waals surface area (Å²) in [5.74, 6) is 0. The van der Waals surface area contributed by atoms with E-state index in [2.05, 4.69) is 4.98 Å². The lowest BCUT2D eigenvalue weighted by Crippen LogP contribution is -1.94. The predicted molar refractivity (Wildman–Crippen MR) is 86.9 cm³/mol. The summed E-state index contributed by atoms with van der Waals surface area (Å²) in [6.07, 6.45) is 1.79. The van der Waals surface area contributed by atoms with Crippen LogP contribution in [-0.2, 0) is 0 Å². The Morgan fingerprint density at radius 3 is 2.52 bits per heavy atom. The van der Waals surface area contributed by atoms with Crippen molar-refractivity contribution in [1.29, 1.82) is 0 Å². The summed E-state index contributed by atoms with van der Waals surface area (Å²) in [5.41, 5.74) is 10.6. The summed E-state index contributed by atoms with van der Waals surface area (Å²) in [7, 11) is 0. The van der Waals surface area contributed by atoms with Gasteiger partial charge in [0, 0.05) is 28.2 Å². The van der Waals surface area contributed by atoms with Crippen LogP contribution in [0.2, 0.25) is 0 Å². The first kappa shape index (κ1) is 11.9. The monoisotopic (exact) mass is 271 g/mol. The van der Waals surface area contributed by atoms with Gasteiger partial charge in [-0.05, 0) is 18.2 Å². The standard InChI is InChI=1S/C18H13N3/c19-15-11-16(12-5-2-1-3-6-12)21-18-14(15)9-8-13-7-4-10-20-17(13)18/h1-11H,(H2,19,21). The zero-order chi connectivity index (χ0) is 14.2. The van der Waals surface area contributed by atoms with E-state index in [1.807, 2.05) is 60.7 Å². The molecule has 0 spiro atoms. The lowest BCUT2D eigenvalue weighted by Gasteiger charge is -2.08. The van der Waals surface area contributed by atoms with Crippen LogP contribution < -0.4 is 5.73 Å². The molecular formula is C18H13N3. The highest BCUT2D eigenvalue weighted by atomic mass is 14.8. The molecule has 4 rings (SSSR count). The molecule has 4 aromatic rings. The van der Waals surface area contributed by atoms with E-state index >= 15 is 0 Å². The highest BCUT2D eigenvalue weighted by Gasteiger charge is 2.09. The number of aromatic nitrogens is 2. The van der Waals surface area contributed by atoms with Gasteiger partial charge in [0.2, 0.25) is 0 Å². The first-order valence-corrected chi connectivity index (χ1v) is 6.82. The number of benzene rings is 2. The fraction of sp³-hybridized carbons (Fsp3) is 0. The molecule has 0 fully saturated rings. The summed E-state index contributed by atoms with van der Waals surface area (Å²) in [6.45, 7) is 0. The summed E-state index contributed by atoms with van der Waals surface area (Å²) in [6, 6.07) is 20.0. The molecule has 3 nitrogen and oxygen atoms in total. The maximum absolute atomic E-state index is 6.22. The molecule has 21 heavy (non-hydrogen) atoms. The van der Waals surface area contributed by atoms with Crippen molar-refractivity contribution in [3.63, 3.8) is 0 Å². The third-order valence-electron chi connectivity index (χ3n) is 3.65. The minimum absolute atomic E-state index is 0.728. The van der Waals surface area contributed by atoms with Crippen LogP contribution in [-0.4, -0.2) is 9.97 Å². The van der Waals surface area contributed by atoms with Gasteiger partial charge in [-0.3, -0.25) is 4.98 Å². The molecule has 2 aromatic heterocycles. The number of nitrogens with two attached hydrogens (primary N) is 1. The molecule has 2 heterocycles. The molecule has 2 aromatic carbocycles. The van der Waals surface area contributed by atoms with E-state index in [4.69, 9.17) is 10.7 Å². The maximum atomic E-state index is 6.22. The van der Waals surface area contributed by atoms with Gasteiger partial charge < -0.3 is 5.73 Å². The zero-order valence-electron chi connectivity index (χ0n) is 11.3. The van der Waals surface area contributed by atoms with E-state index in [1.165, 1.54) is 0 Å². The van der Waals surface area contributed by atoms with Gasteiger partial charge in [0.1, 0.15) is 0 Å². The molecule has 0 aliphatic rings. The van der Waals surface area contributed by atoms with Crippen molar-refractivity contribution in [2.45, 2.75) is 0 Å². The lowest BCUT2D eigenvalue weighted by molar-refractivity contribution is 1.37. The van der Waals surface area contributed by atoms with E-state index < -0.39 is 0 Å². The predicted octanol–water partition coefficient (Wildman–Crippen LogP) is 4.03. The fourth-order valence-electron chi connectivity index (χ4n) is 2.61. The molecule has 3 heteroatoms. The van der Waals surface area contributed by atoms with E-state index in [-0.39, 0.29) is 0 Å². The van der Waals surface area contributed by atoms with Gasteiger partial charge in [0.25, 0.3) is 0 Å². The van der Waals surface area contributed by atoms with Crippen LogP contribution >= 0.6 is 0 Å². The molecule has 0 atom stereocenters. The van der Waals surface area contributed by atoms with Gasteiger partial charge in [0.15, 0.2) is 0 Å². The molecule has 0 radical (unpaired) electrons. The summed E-state index contributed by atoms with van der Waals surface area (Å²) in [5, 5.41) is 2.02. The lowest BCUT2D eigenvalue weighted by atomic mass is 10.1. The average Bonchev–Trinajstić information content (AvgIpc) is 2.55. The Bertz CT molecular complexity index is 946. The molecule has 0 saturated carbocycles. The Morgan fingerprint density at radius 1 is 0.810 bits per heavy atom. The number of pyridine rings is 2. The zero-order valence-corrected chi connectivity index (χ0v) is 11.3. The second-order valence-electron chi connectivity index (χ2n) is 5.00. The van der Waals surface area contributed by atoms with E-state index in [0.717, 1.165) is 38.8 Å². The van der Waals surface area contributed by atoms with Crippen molar-refractivity contribution in [2.75, 3.05) is 5.73 Å². The molecular weight excluding hydrogens is 258 g/mol. The molecule has 0 bridgehead atoms. The number of fused-ring (bicyclic) bond motifs is 3. The molecule has 100 valence electrons. The number of hydrogen-bond donors (Lipinski definition) is 1. The van der Waals surface area contributed by atoms with Crippen LogP contribution in [0.3, 0.4) is 0 Å². The first-order valence-electron chi connectivity index (χ1n) is 6.82. The van der Waals surface area contributed by atoms with Gasteiger partial charge in [-0.2, -0.15) is 0 Å². The third-order valence-corrected chi connectivity index (χ3v) is 3.65. The van der Waals surface area contributed by atoms with Crippen molar-refractivity contribution >= 4 is 27.5 Å². The molecule has 2 N–H and O–H groups in total. The average molecular weight is 271 g/mol. The molecule has 0 saturated heterocycles. The number of nitrogen functional groups attached to an aromatic ring is 1. The fourth-order valence-corrected chi connectivity index (χ4v) is 2.61. The molecule has 0 aliphatic heterocycles. The minimum Gasteiger partial charge on any atom is -0.398 e. The number of rotatable bonds is 1. The first-order chi connectivity index (χ1) is 10.3. The number of anilines is 1. The molecule has 0 aliphatic carbocycles. The third kappa shape index (κ3) is 1.91. The van der Waals surface area contributed by atoms with Gasteiger partial charge in [-0.25, -0.2) is 4.98 Å². The van der Waals surface area contributed by atoms with Crippen molar-refractivity contribution in [3.8, 4) is 11.3 Å². The molecule has 0 unspecified atom stereocenters. The Hall–Kier alpha value is -2.94. The largest absolute Gasteiger partial charge is 0.398 e. The highest BCUT2D eigenvalue weighted by molar-refractivity contribution is 6.07. The van der Waals surface area contributed by atoms with Crippen LogP contribution in [0.4, 0.5) is 5.69 Å². The maximum Gasteiger partial charge on any atom is 0.0992 e. The van der Waals surface area contributed by atoms with Crippen molar-refractivity contribution in [3.05, 3.63) is 66.9 Å². The summed E-state index contributed by atoms with van der Waals surface area (Å²) < 4.78 is 0. The number of nitrogens with zero attached hydrogens (tertiary/aromatic N) is 2. The van der Waals surface area contributed by atoms with Crippen LogP contribution in [0.1, 0.15) is 0 Å². The van der Waals surface area contributed by atoms with Crippen LogP contribution in [0, 0.1) is 0 Å². The minimum atomic E-state index is 0.728. The highest BCUT2D eigenvalue weighted by Crippen LogP contribution is 2.30. The Balaban J connectivity index is 2.10. The van der Waals surface area contributed by atoms with Gasteiger partial charge in [-0.1, -0.05) is 42.5 Å². The van der Waals surface area contributed by atoms with E-state index in [9.17, 15) is 0 Å². The van der Waals surface area contributed by atoms with Gasteiger partial charge in [-0.15, -0.1) is 0 Å². The van der Waals surface area contributed by atoms with Crippen LogP contribution in [0.5, 0.6) is 0 Å². The normalized spacial score (nSPS) is 11.0. The van der Waals surface area contributed by atoms with Crippen molar-refractivity contribution < 1.29 is 0 Å². The second kappa shape index (κ2) is 4.56. The van der Waals surface area contributed by atoms with E-state index in [1.54, 1.807) is 6.20 Å². The summed E-state index contributed by atoms with van der Waals surface area (Å²) >= 11 is 0. The van der Waals surface area contributed by atoms with Crippen molar-refractivity contribution in [2.24, 2.45) is 0 Å². The Morgan fingerprint density at radius 2 is 1.67 bits per heavy atom. The quantitative estimate of drug-likeness (QED) is 0.532. The van der Waals surface area contributed by atoms with E-state index in [0.29, 0.717) is 0 Å². The van der Waals surface area contributed by atoms with Crippen molar-refractivity contribution in [1.82, 2.24) is 9.97 Å². The topological polar surface area (TPSA) is 51.8 Å². The smallest absolute Gasteiger partial charge is 0.0992 e. The molecule has 0 amide bonds. The van der Waals surface area contributed by atoms with Crippen LogP contribution in [0.15, 0.2) is 66.9 Å². The van der Waals surface area contributed by atoms with Gasteiger partial charge >= 0.3 is 0 Å². The van der Waals surface area contributed by atoms with Gasteiger partial charge in [0.05, 0.1) is 16.7 Å². The summed E-state index contributed by atoms with van der Waals surface area (Å²) in [4.78, 5) is 9.26. The Kier molecular flexibility index (Phi) is 2.57. The second-order valence-corrected chi connectivity index (χ2v) is 5.00. The number of hydrogen-bond acceptors (Lipinski definition) is 3.